The van der Waals surface area contributed by atoms with Gasteiger partial charge < -0.3 is 14.8 Å². The van der Waals surface area contributed by atoms with Crippen LogP contribution in [0.1, 0.15) is 26.3 Å². The van der Waals surface area contributed by atoms with E-state index < -0.39 is 36.3 Å². The molecule has 0 aromatic heterocycles. The van der Waals surface area contributed by atoms with Gasteiger partial charge in [0.05, 0.1) is 17.7 Å². The Bertz CT molecular complexity index is 909. The molecule has 1 aliphatic rings. The molecule has 0 unspecified atom stereocenters. The summed E-state index contributed by atoms with van der Waals surface area (Å²) in [6.45, 7) is 0.0844. The molecule has 0 saturated heterocycles. The average molecular weight is 410 g/mol. The molecule has 3 amide bonds. The van der Waals surface area contributed by atoms with Crippen LogP contribution in [0.4, 0.5) is 0 Å². The SMILES string of the molecule is COCCNC(=O)COC(=O)[C@H](Cc1ccccc1)N1C(=O)c2ccccc2C1=O. The Morgan fingerprint density at radius 3 is 2.17 bits per heavy atom. The molecule has 0 bridgehead atoms. The van der Waals surface area contributed by atoms with Gasteiger partial charge in [0, 0.05) is 20.1 Å². The van der Waals surface area contributed by atoms with Crippen LogP contribution in [-0.4, -0.2) is 61.5 Å². The zero-order chi connectivity index (χ0) is 21.5. The van der Waals surface area contributed by atoms with E-state index in [0.29, 0.717) is 6.61 Å². The standard InChI is InChI=1S/C22H22N2O6/c1-29-12-11-23-19(25)14-30-22(28)18(13-15-7-3-2-4-8-15)24-20(26)16-9-5-6-10-17(16)21(24)27/h2-10,18H,11-14H2,1H3,(H,23,25)/t18-/m0/s1. The van der Waals surface area contributed by atoms with Gasteiger partial charge in [-0.2, -0.15) is 0 Å². The number of nitrogens with one attached hydrogen (secondary N) is 1. The first-order chi connectivity index (χ1) is 14.5. The molecule has 2 aromatic rings. The van der Waals surface area contributed by atoms with Gasteiger partial charge >= 0.3 is 5.97 Å². The first-order valence-electron chi connectivity index (χ1n) is 9.46. The van der Waals surface area contributed by atoms with Crippen LogP contribution in [0.15, 0.2) is 54.6 Å². The maximum Gasteiger partial charge on any atom is 0.330 e. The second-order valence-corrected chi connectivity index (χ2v) is 6.68. The molecule has 0 aliphatic carbocycles. The number of hydrogen-bond acceptors (Lipinski definition) is 6. The summed E-state index contributed by atoms with van der Waals surface area (Å²) in [4.78, 5) is 51.3. The summed E-state index contributed by atoms with van der Waals surface area (Å²) in [7, 11) is 1.50. The lowest BCUT2D eigenvalue weighted by Crippen LogP contribution is -2.47. The van der Waals surface area contributed by atoms with Crippen LogP contribution < -0.4 is 5.32 Å². The van der Waals surface area contributed by atoms with Crippen molar-refractivity contribution in [1.29, 1.82) is 0 Å². The van der Waals surface area contributed by atoms with Crippen molar-refractivity contribution in [3.8, 4) is 0 Å². The molecule has 1 N–H and O–H groups in total. The third kappa shape index (κ3) is 4.72. The highest BCUT2D eigenvalue weighted by Crippen LogP contribution is 2.26. The van der Waals surface area contributed by atoms with Crippen LogP contribution in [0.5, 0.6) is 0 Å². The maximum absolute atomic E-state index is 12.9. The molecule has 2 aromatic carbocycles. The number of imide groups is 1. The number of hydrogen-bond donors (Lipinski definition) is 1. The van der Waals surface area contributed by atoms with Crippen LogP contribution in [0.3, 0.4) is 0 Å². The predicted molar refractivity (Wildman–Crippen MR) is 107 cm³/mol. The Balaban J connectivity index is 1.78. The number of ether oxygens (including phenoxy) is 2. The largest absolute Gasteiger partial charge is 0.454 e. The summed E-state index contributed by atoms with van der Waals surface area (Å²) in [5.74, 6) is -2.44. The minimum absolute atomic E-state index is 0.0798. The van der Waals surface area contributed by atoms with E-state index in [9.17, 15) is 19.2 Å². The molecule has 1 atom stereocenters. The van der Waals surface area contributed by atoms with E-state index in [4.69, 9.17) is 9.47 Å². The summed E-state index contributed by atoms with van der Waals surface area (Å²) in [5, 5.41) is 2.54. The van der Waals surface area contributed by atoms with E-state index in [1.165, 1.54) is 7.11 Å². The number of methoxy groups -OCH3 is 1. The van der Waals surface area contributed by atoms with Crippen molar-refractivity contribution < 1.29 is 28.7 Å². The highest BCUT2D eigenvalue weighted by Gasteiger charge is 2.43. The topological polar surface area (TPSA) is 102 Å². The molecule has 156 valence electrons. The van der Waals surface area contributed by atoms with E-state index in [1.807, 2.05) is 6.07 Å². The van der Waals surface area contributed by atoms with Crippen LogP contribution >= 0.6 is 0 Å². The fourth-order valence-corrected chi connectivity index (χ4v) is 3.18. The zero-order valence-corrected chi connectivity index (χ0v) is 16.5. The predicted octanol–water partition coefficient (Wildman–Crippen LogP) is 1.20. The van der Waals surface area contributed by atoms with Crippen LogP contribution in [0, 0.1) is 0 Å². The van der Waals surface area contributed by atoms with Gasteiger partial charge in [0.2, 0.25) is 0 Å². The smallest absolute Gasteiger partial charge is 0.330 e. The lowest BCUT2D eigenvalue weighted by Gasteiger charge is -2.24. The van der Waals surface area contributed by atoms with E-state index in [2.05, 4.69) is 5.32 Å². The summed E-state index contributed by atoms with van der Waals surface area (Å²) >= 11 is 0. The van der Waals surface area contributed by atoms with Gasteiger partial charge in [-0.1, -0.05) is 42.5 Å². The molecule has 0 saturated carbocycles. The number of fused-ring (bicyclic) bond motifs is 1. The number of carbonyl (C=O) groups excluding carboxylic acids is 4. The van der Waals surface area contributed by atoms with Crippen LogP contribution in [-0.2, 0) is 25.5 Å². The molecule has 3 rings (SSSR count). The molecule has 8 heteroatoms. The molecule has 8 nitrogen and oxygen atoms in total. The summed E-state index contributed by atoms with van der Waals surface area (Å²) in [6, 6.07) is 14.2. The van der Waals surface area contributed by atoms with Crippen molar-refractivity contribution in [3.05, 3.63) is 71.3 Å². The second-order valence-electron chi connectivity index (χ2n) is 6.68. The fourth-order valence-electron chi connectivity index (χ4n) is 3.18. The van der Waals surface area contributed by atoms with Crippen molar-refractivity contribution >= 4 is 23.7 Å². The number of rotatable bonds is 9. The lowest BCUT2D eigenvalue weighted by atomic mass is 10.0. The molecule has 0 spiro atoms. The van der Waals surface area contributed by atoms with Gasteiger partial charge in [0.1, 0.15) is 6.04 Å². The molecule has 30 heavy (non-hydrogen) atoms. The normalized spacial score (nSPS) is 13.7. The van der Waals surface area contributed by atoms with Crippen molar-refractivity contribution in [1.82, 2.24) is 10.2 Å². The van der Waals surface area contributed by atoms with Gasteiger partial charge in [-0.3, -0.25) is 19.3 Å². The number of nitrogens with zero attached hydrogens (tertiary/aromatic N) is 1. The number of esters is 1. The van der Waals surface area contributed by atoms with Gasteiger partial charge in [0.15, 0.2) is 6.61 Å². The summed E-state index contributed by atoms with van der Waals surface area (Å²) < 4.78 is 9.98. The van der Waals surface area contributed by atoms with Gasteiger partial charge in [-0.05, 0) is 17.7 Å². The third-order valence-electron chi connectivity index (χ3n) is 4.65. The number of benzene rings is 2. The van der Waals surface area contributed by atoms with Gasteiger partial charge in [-0.25, -0.2) is 4.79 Å². The average Bonchev–Trinajstić information content (AvgIpc) is 3.02. The monoisotopic (exact) mass is 410 g/mol. The molecule has 1 aliphatic heterocycles. The van der Waals surface area contributed by atoms with Crippen LogP contribution in [0.25, 0.3) is 0 Å². The maximum atomic E-state index is 12.9. The highest BCUT2D eigenvalue weighted by molar-refractivity contribution is 6.22. The first-order valence-corrected chi connectivity index (χ1v) is 9.46. The highest BCUT2D eigenvalue weighted by atomic mass is 16.5. The minimum Gasteiger partial charge on any atom is -0.454 e. The van der Waals surface area contributed by atoms with E-state index in [1.54, 1.807) is 48.5 Å². The lowest BCUT2D eigenvalue weighted by molar-refractivity contribution is -0.152. The quantitative estimate of drug-likeness (QED) is 0.379. The van der Waals surface area contributed by atoms with Crippen molar-refractivity contribution in [2.24, 2.45) is 0 Å². The van der Waals surface area contributed by atoms with Crippen molar-refractivity contribution in [2.75, 3.05) is 26.9 Å². The van der Waals surface area contributed by atoms with Gasteiger partial charge in [-0.15, -0.1) is 0 Å². The Morgan fingerprint density at radius 2 is 1.57 bits per heavy atom. The Labute approximate surface area is 173 Å². The fraction of sp³-hybridized carbons (Fsp3) is 0.273. The number of amides is 3. The summed E-state index contributed by atoms with van der Waals surface area (Å²) in [6.07, 6.45) is 0.0798. The van der Waals surface area contributed by atoms with Gasteiger partial charge in [0.25, 0.3) is 17.7 Å². The molecule has 0 fully saturated rings. The molecule has 0 radical (unpaired) electrons. The Morgan fingerprint density at radius 1 is 0.967 bits per heavy atom. The third-order valence-corrected chi connectivity index (χ3v) is 4.65. The molecular formula is C22H22N2O6. The Kier molecular flexibility index (Phi) is 6.92. The minimum atomic E-state index is -1.19. The van der Waals surface area contributed by atoms with Crippen molar-refractivity contribution in [2.45, 2.75) is 12.5 Å². The number of carbonyl (C=O) groups is 4. The zero-order valence-electron chi connectivity index (χ0n) is 16.5. The first kappa shape index (κ1) is 21.2. The molecule has 1 heterocycles. The van der Waals surface area contributed by atoms with E-state index in [-0.39, 0.29) is 24.1 Å². The van der Waals surface area contributed by atoms with Crippen LogP contribution in [0.2, 0.25) is 0 Å². The Hall–Kier alpha value is -3.52. The second kappa shape index (κ2) is 9.80. The van der Waals surface area contributed by atoms with E-state index in [0.717, 1.165) is 10.5 Å². The van der Waals surface area contributed by atoms with E-state index >= 15 is 0 Å². The summed E-state index contributed by atoms with van der Waals surface area (Å²) in [5.41, 5.74) is 1.23. The van der Waals surface area contributed by atoms with Crippen molar-refractivity contribution in [3.63, 3.8) is 0 Å². The molecular weight excluding hydrogens is 388 g/mol.